The first-order valence-electron chi connectivity index (χ1n) is 6.48. The van der Waals surface area contributed by atoms with E-state index in [1.165, 1.54) is 37.7 Å². The smallest absolute Gasteiger partial charge is 0.0275 e. The Kier molecular flexibility index (Phi) is 5.29. The normalized spacial score (nSPS) is 19.4. The van der Waals surface area contributed by atoms with Gasteiger partial charge in [-0.25, -0.2) is 0 Å². The fourth-order valence-electron chi connectivity index (χ4n) is 2.76. The standard InChI is InChI=1S/C15H28.CH4/c1-7-14(3,4)15(5,6)13-10-8-12(2)9-11-13;/h13H,2,7-11H2,1,3-6H3;1H4. The van der Waals surface area contributed by atoms with Crippen LogP contribution in [0, 0.1) is 16.7 Å². The van der Waals surface area contributed by atoms with Crippen LogP contribution in [0.4, 0.5) is 0 Å². The molecule has 0 unspecified atom stereocenters. The van der Waals surface area contributed by atoms with Crippen molar-refractivity contribution < 1.29 is 0 Å². The zero-order valence-corrected chi connectivity index (χ0v) is 11.3. The van der Waals surface area contributed by atoms with Crippen molar-refractivity contribution in [1.82, 2.24) is 0 Å². The van der Waals surface area contributed by atoms with E-state index in [1.54, 1.807) is 0 Å². The number of allylic oxidation sites excluding steroid dienone is 1. The van der Waals surface area contributed by atoms with E-state index in [2.05, 4.69) is 41.2 Å². The van der Waals surface area contributed by atoms with Crippen molar-refractivity contribution >= 4 is 0 Å². The van der Waals surface area contributed by atoms with Gasteiger partial charge in [0.25, 0.3) is 0 Å². The fraction of sp³-hybridized carbons (Fsp3) is 0.875. The third-order valence-electron chi connectivity index (χ3n) is 5.34. The highest BCUT2D eigenvalue weighted by atomic mass is 14.5. The molecule has 0 atom stereocenters. The molecule has 0 bridgehead atoms. The Morgan fingerprint density at radius 3 is 1.94 bits per heavy atom. The lowest BCUT2D eigenvalue weighted by molar-refractivity contribution is 0.0214. The van der Waals surface area contributed by atoms with Gasteiger partial charge in [-0.15, -0.1) is 0 Å². The second-order valence-corrected chi connectivity index (χ2v) is 6.48. The van der Waals surface area contributed by atoms with Crippen LogP contribution < -0.4 is 0 Å². The topological polar surface area (TPSA) is 0 Å². The van der Waals surface area contributed by atoms with Gasteiger partial charge in [-0.05, 0) is 42.4 Å². The van der Waals surface area contributed by atoms with E-state index in [-0.39, 0.29) is 7.43 Å². The number of hydrogen-bond donors (Lipinski definition) is 0. The van der Waals surface area contributed by atoms with Crippen molar-refractivity contribution in [2.24, 2.45) is 16.7 Å². The first-order valence-corrected chi connectivity index (χ1v) is 6.48. The van der Waals surface area contributed by atoms with Gasteiger partial charge in [0.05, 0.1) is 0 Å². The van der Waals surface area contributed by atoms with Crippen LogP contribution in [0.15, 0.2) is 12.2 Å². The molecule has 0 aromatic carbocycles. The fourth-order valence-corrected chi connectivity index (χ4v) is 2.76. The van der Waals surface area contributed by atoms with Gasteiger partial charge in [0.2, 0.25) is 0 Å². The summed E-state index contributed by atoms with van der Waals surface area (Å²) in [5.41, 5.74) is 2.38. The Morgan fingerprint density at radius 2 is 1.56 bits per heavy atom. The predicted octanol–water partition coefficient (Wildman–Crippen LogP) is 5.83. The highest BCUT2D eigenvalue weighted by molar-refractivity contribution is 5.02. The quantitative estimate of drug-likeness (QED) is 0.529. The van der Waals surface area contributed by atoms with Crippen LogP contribution in [0.1, 0.15) is 74.1 Å². The van der Waals surface area contributed by atoms with Gasteiger partial charge < -0.3 is 0 Å². The molecule has 0 saturated heterocycles. The van der Waals surface area contributed by atoms with Crippen molar-refractivity contribution in [3.8, 4) is 0 Å². The maximum Gasteiger partial charge on any atom is -0.0275 e. The molecule has 0 heteroatoms. The summed E-state index contributed by atoms with van der Waals surface area (Å²) in [5, 5.41) is 0. The van der Waals surface area contributed by atoms with Crippen LogP contribution in [-0.4, -0.2) is 0 Å². The maximum atomic E-state index is 4.11. The third-order valence-corrected chi connectivity index (χ3v) is 5.34. The minimum atomic E-state index is 0. The van der Waals surface area contributed by atoms with Crippen molar-refractivity contribution in [1.29, 1.82) is 0 Å². The van der Waals surface area contributed by atoms with Gasteiger partial charge in [-0.3, -0.25) is 0 Å². The molecule has 0 aliphatic heterocycles. The Labute approximate surface area is 104 Å². The van der Waals surface area contributed by atoms with Gasteiger partial charge >= 0.3 is 0 Å². The Morgan fingerprint density at radius 1 is 1.12 bits per heavy atom. The zero-order chi connectivity index (χ0) is 11.7. The summed E-state index contributed by atoms with van der Waals surface area (Å²) in [6, 6.07) is 0. The second-order valence-electron chi connectivity index (χ2n) is 6.48. The van der Waals surface area contributed by atoms with Crippen molar-refractivity contribution in [3.05, 3.63) is 12.2 Å². The summed E-state index contributed by atoms with van der Waals surface area (Å²) in [6.07, 6.45) is 6.50. The van der Waals surface area contributed by atoms with E-state index < -0.39 is 0 Å². The second kappa shape index (κ2) is 5.38. The van der Waals surface area contributed by atoms with E-state index in [4.69, 9.17) is 0 Å². The molecular formula is C16H32. The van der Waals surface area contributed by atoms with E-state index in [9.17, 15) is 0 Å². The van der Waals surface area contributed by atoms with Gasteiger partial charge in [-0.1, -0.05) is 60.6 Å². The summed E-state index contributed by atoms with van der Waals surface area (Å²) >= 11 is 0. The highest BCUT2D eigenvalue weighted by Crippen LogP contribution is 2.51. The molecule has 1 aliphatic carbocycles. The summed E-state index contributed by atoms with van der Waals surface area (Å²) in [4.78, 5) is 0. The molecule has 0 radical (unpaired) electrons. The van der Waals surface area contributed by atoms with Gasteiger partial charge in [-0.2, -0.15) is 0 Å². The Hall–Kier alpha value is -0.260. The molecule has 1 rings (SSSR count). The minimum absolute atomic E-state index is 0. The molecule has 96 valence electrons. The first kappa shape index (κ1) is 15.7. The van der Waals surface area contributed by atoms with Crippen molar-refractivity contribution in [2.75, 3.05) is 0 Å². The van der Waals surface area contributed by atoms with E-state index >= 15 is 0 Å². The van der Waals surface area contributed by atoms with E-state index in [0.717, 1.165) is 5.92 Å². The lowest BCUT2D eigenvalue weighted by Gasteiger charge is -2.48. The molecule has 0 amide bonds. The molecule has 1 saturated carbocycles. The van der Waals surface area contributed by atoms with Crippen molar-refractivity contribution in [3.63, 3.8) is 0 Å². The number of rotatable bonds is 3. The molecule has 0 aromatic heterocycles. The van der Waals surface area contributed by atoms with Crippen molar-refractivity contribution in [2.45, 2.75) is 74.1 Å². The molecular weight excluding hydrogens is 192 g/mol. The van der Waals surface area contributed by atoms with Crippen LogP contribution >= 0.6 is 0 Å². The monoisotopic (exact) mass is 224 g/mol. The minimum Gasteiger partial charge on any atom is -0.0999 e. The van der Waals surface area contributed by atoms with Crippen LogP contribution in [0.3, 0.4) is 0 Å². The van der Waals surface area contributed by atoms with Crippen LogP contribution in [0.2, 0.25) is 0 Å². The lowest BCUT2D eigenvalue weighted by atomic mass is 9.57. The molecule has 0 spiro atoms. The zero-order valence-electron chi connectivity index (χ0n) is 11.3. The van der Waals surface area contributed by atoms with Gasteiger partial charge in [0, 0.05) is 0 Å². The highest BCUT2D eigenvalue weighted by Gasteiger charge is 2.42. The summed E-state index contributed by atoms with van der Waals surface area (Å²) in [7, 11) is 0. The lowest BCUT2D eigenvalue weighted by Crippen LogP contribution is -2.39. The molecule has 0 heterocycles. The first-order chi connectivity index (χ1) is 6.81. The molecule has 16 heavy (non-hydrogen) atoms. The Bertz CT molecular complexity index is 222. The molecule has 0 aromatic rings. The van der Waals surface area contributed by atoms with E-state index in [1.807, 2.05) is 0 Å². The van der Waals surface area contributed by atoms with Crippen LogP contribution in [0.5, 0.6) is 0 Å². The summed E-state index contributed by atoms with van der Waals surface area (Å²) in [5.74, 6) is 0.887. The summed E-state index contributed by atoms with van der Waals surface area (Å²) in [6.45, 7) is 16.2. The molecule has 1 aliphatic rings. The maximum absolute atomic E-state index is 4.11. The van der Waals surface area contributed by atoms with E-state index in [0.29, 0.717) is 10.8 Å². The van der Waals surface area contributed by atoms with Gasteiger partial charge in [0.1, 0.15) is 0 Å². The van der Waals surface area contributed by atoms with Crippen LogP contribution in [-0.2, 0) is 0 Å². The van der Waals surface area contributed by atoms with Gasteiger partial charge in [0.15, 0.2) is 0 Å². The Balaban J connectivity index is 0.00000225. The molecule has 1 fully saturated rings. The SMILES string of the molecule is C.C=C1CCC(C(C)(C)C(C)(C)CC)CC1. The van der Waals surface area contributed by atoms with Crippen LogP contribution in [0.25, 0.3) is 0 Å². The average molecular weight is 224 g/mol. The molecule has 0 N–H and O–H groups in total. The molecule has 0 nitrogen and oxygen atoms in total. The predicted molar refractivity (Wildman–Crippen MR) is 75.7 cm³/mol. The third kappa shape index (κ3) is 2.90. The largest absolute Gasteiger partial charge is 0.0999 e. The average Bonchev–Trinajstić information content (AvgIpc) is 2.18. The summed E-state index contributed by atoms with van der Waals surface area (Å²) < 4.78 is 0. The number of hydrogen-bond acceptors (Lipinski definition) is 0.